The largest absolute Gasteiger partial charge is 0.481 e. The average molecular weight is 280 g/mol. The van der Waals surface area contributed by atoms with Crippen molar-refractivity contribution in [1.29, 1.82) is 0 Å². The molecule has 3 aromatic rings. The molecule has 0 aliphatic carbocycles. The summed E-state index contributed by atoms with van der Waals surface area (Å²) in [5, 5.41) is 7.66. The Morgan fingerprint density at radius 1 is 1.10 bits per heavy atom. The van der Waals surface area contributed by atoms with Gasteiger partial charge in [-0.05, 0) is 24.3 Å². The lowest BCUT2D eigenvalue weighted by Crippen LogP contribution is -2.06. The number of nitrogens with zero attached hydrogens (tertiary/aromatic N) is 3. The number of anilines is 1. The topological polar surface area (TPSA) is 52.0 Å². The zero-order valence-corrected chi connectivity index (χ0v) is 11.7. The van der Waals surface area contributed by atoms with E-state index in [1.165, 1.54) is 0 Å². The molecular formula is C16H16N4O. The summed E-state index contributed by atoms with van der Waals surface area (Å²) < 4.78 is 6.97. The molecule has 0 aliphatic rings. The molecule has 0 saturated carbocycles. The predicted octanol–water partition coefficient (Wildman–Crippen LogP) is 2.89. The Balaban J connectivity index is 1.79. The van der Waals surface area contributed by atoms with E-state index in [1.54, 1.807) is 13.3 Å². The number of methoxy groups -OCH3 is 1. The number of rotatable bonds is 5. The van der Waals surface area contributed by atoms with Gasteiger partial charge < -0.3 is 10.1 Å². The lowest BCUT2D eigenvalue weighted by atomic mass is 10.2. The third-order valence-corrected chi connectivity index (χ3v) is 3.11. The van der Waals surface area contributed by atoms with Gasteiger partial charge in [-0.3, -0.25) is 0 Å². The minimum atomic E-state index is 0.620. The minimum Gasteiger partial charge on any atom is -0.481 e. The Morgan fingerprint density at radius 3 is 2.81 bits per heavy atom. The van der Waals surface area contributed by atoms with Crippen molar-refractivity contribution in [2.75, 3.05) is 12.4 Å². The monoisotopic (exact) mass is 280 g/mol. The highest BCUT2D eigenvalue weighted by Gasteiger charge is 2.04. The molecule has 0 radical (unpaired) electrons. The smallest absolute Gasteiger partial charge is 0.213 e. The number of hydrogen-bond donors (Lipinski definition) is 1. The molecule has 0 atom stereocenters. The van der Waals surface area contributed by atoms with E-state index >= 15 is 0 Å². The van der Waals surface area contributed by atoms with Crippen LogP contribution in [0.4, 0.5) is 5.69 Å². The molecule has 0 spiro atoms. The zero-order valence-electron chi connectivity index (χ0n) is 11.7. The molecule has 1 N–H and O–H groups in total. The van der Waals surface area contributed by atoms with Gasteiger partial charge in [0, 0.05) is 18.5 Å². The SMILES string of the molecule is COc1cccc(CNc2ccccc2-n2cccn2)n1. The maximum Gasteiger partial charge on any atom is 0.213 e. The van der Waals surface area contributed by atoms with Crippen LogP contribution in [0.15, 0.2) is 60.9 Å². The van der Waals surface area contributed by atoms with Crippen molar-refractivity contribution in [2.24, 2.45) is 0 Å². The van der Waals surface area contributed by atoms with Crippen LogP contribution < -0.4 is 10.1 Å². The Hall–Kier alpha value is -2.82. The third-order valence-electron chi connectivity index (χ3n) is 3.11. The van der Waals surface area contributed by atoms with Gasteiger partial charge in [-0.2, -0.15) is 5.10 Å². The van der Waals surface area contributed by atoms with Crippen molar-refractivity contribution in [1.82, 2.24) is 14.8 Å². The van der Waals surface area contributed by atoms with Crippen LogP contribution in [-0.2, 0) is 6.54 Å². The highest BCUT2D eigenvalue weighted by Crippen LogP contribution is 2.19. The molecule has 0 bridgehead atoms. The number of para-hydroxylation sites is 2. The molecule has 5 heteroatoms. The molecule has 0 amide bonds. The first-order chi connectivity index (χ1) is 10.4. The van der Waals surface area contributed by atoms with Gasteiger partial charge in [-0.1, -0.05) is 18.2 Å². The van der Waals surface area contributed by atoms with Gasteiger partial charge in [0.25, 0.3) is 0 Å². The second-order valence-corrected chi connectivity index (χ2v) is 4.49. The van der Waals surface area contributed by atoms with Gasteiger partial charge in [0.1, 0.15) is 0 Å². The number of benzene rings is 1. The molecule has 0 saturated heterocycles. The molecule has 21 heavy (non-hydrogen) atoms. The van der Waals surface area contributed by atoms with E-state index in [-0.39, 0.29) is 0 Å². The molecule has 0 fully saturated rings. The lowest BCUT2D eigenvalue weighted by molar-refractivity contribution is 0.396. The summed E-state index contributed by atoms with van der Waals surface area (Å²) in [6, 6.07) is 15.7. The van der Waals surface area contributed by atoms with Gasteiger partial charge >= 0.3 is 0 Å². The fourth-order valence-electron chi connectivity index (χ4n) is 2.09. The van der Waals surface area contributed by atoms with Crippen LogP contribution in [0, 0.1) is 0 Å². The van der Waals surface area contributed by atoms with Crippen LogP contribution >= 0.6 is 0 Å². The van der Waals surface area contributed by atoms with Crippen molar-refractivity contribution >= 4 is 5.69 Å². The fraction of sp³-hybridized carbons (Fsp3) is 0.125. The quantitative estimate of drug-likeness (QED) is 0.780. The number of nitrogens with one attached hydrogen (secondary N) is 1. The minimum absolute atomic E-state index is 0.620. The zero-order chi connectivity index (χ0) is 14.5. The van der Waals surface area contributed by atoms with Gasteiger partial charge in [-0.15, -0.1) is 0 Å². The van der Waals surface area contributed by atoms with Crippen LogP contribution in [0.5, 0.6) is 5.88 Å². The average Bonchev–Trinajstić information content (AvgIpc) is 3.08. The normalized spacial score (nSPS) is 10.3. The van der Waals surface area contributed by atoms with Crippen LogP contribution in [-0.4, -0.2) is 21.9 Å². The molecule has 1 aromatic carbocycles. The van der Waals surface area contributed by atoms with E-state index in [4.69, 9.17) is 4.74 Å². The van der Waals surface area contributed by atoms with Gasteiger partial charge in [0.05, 0.1) is 30.7 Å². The summed E-state index contributed by atoms with van der Waals surface area (Å²) in [5.41, 5.74) is 2.93. The summed E-state index contributed by atoms with van der Waals surface area (Å²) in [6.45, 7) is 0.621. The van der Waals surface area contributed by atoms with Crippen molar-refractivity contribution in [2.45, 2.75) is 6.54 Å². The standard InChI is InChI=1S/C16H16N4O/c1-21-16-9-4-6-13(19-16)12-17-14-7-2-3-8-15(14)20-11-5-10-18-20/h2-11,17H,12H2,1H3. The Bertz CT molecular complexity index is 710. The Labute approximate surface area is 123 Å². The van der Waals surface area contributed by atoms with Gasteiger partial charge in [0.15, 0.2) is 0 Å². The van der Waals surface area contributed by atoms with Gasteiger partial charge in [-0.25, -0.2) is 9.67 Å². The van der Waals surface area contributed by atoms with Crippen LogP contribution in [0.1, 0.15) is 5.69 Å². The molecule has 0 unspecified atom stereocenters. The molecule has 2 aromatic heterocycles. The first kappa shape index (κ1) is 13.2. The molecule has 3 rings (SSSR count). The second kappa shape index (κ2) is 6.09. The maximum atomic E-state index is 5.14. The first-order valence-corrected chi connectivity index (χ1v) is 6.69. The van der Waals surface area contributed by atoms with E-state index in [0.717, 1.165) is 17.1 Å². The van der Waals surface area contributed by atoms with E-state index in [1.807, 2.05) is 59.4 Å². The Kier molecular flexibility index (Phi) is 3.82. The predicted molar refractivity (Wildman–Crippen MR) is 81.7 cm³/mol. The van der Waals surface area contributed by atoms with Crippen molar-refractivity contribution in [3.8, 4) is 11.6 Å². The Morgan fingerprint density at radius 2 is 2.00 bits per heavy atom. The summed E-state index contributed by atoms with van der Waals surface area (Å²) in [7, 11) is 1.62. The summed E-state index contributed by atoms with van der Waals surface area (Å²) in [4.78, 5) is 4.39. The second-order valence-electron chi connectivity index (χ2n) is 4.49. The lowest BCUT2D eigenvalue weighted by Gasteiger charge is -2.12. The van der Waals surface area contributed by atoms with E-state index in [9.17, 15) is 0 Å². The summed E-state index contributed by atoms with van der Waals surface area (Å²) in [6.07, 6.45) is 3.69. The number of pyridine rings is 1. The number of ether oxygens (including phenoxy) is 1. The molecular weight excluding hydrogens is 264 g/mol. The van der Waals surface area contributed by atoms with Crippen LogP contribution in [0.25, 0.3) is 5.69 Å². The van der Waals surface area contributed by atoms with E-state index in [2.05, 4.69) is 15.4 Å². The third kappa shape index (κ3) is 3.02. The molecule has 2 heterocycles. The van der Waals surface area contributed by atoms with Crippen molar-refractivity contribution in [3.63, 3.8) is 0 Å². The number of aromatic nitrogens is 3. The summed E-state index contributed by atoms with van der Waals surface area (Å²) in [5.74, 6) is 0.620. The highest BCUT2D eigenvalue weighted by molar-refractivity contribution is 5.60. The highest BCUT2D eigenvalue weighted by atomic mass is 16.5. The first-order valence-electron chi connectivity index (χ1n) is 6.69. The van der Waals surface area contributed by atoms with Crippen LogP contribution in [0.3, 0.4) is 0 Å². The maximum absolute atomic E-state index is 5.14. The molecule has 5 nitrogen and oxygen atoms in total. The van der Waals surface area contributed by atoms with Crippen molar-refractivity contribution in [3.05, 3.63) is 66.6 Å². The van der Waals surface area contributed by atoms with Crippen LogP contribution in [0.2, 0.25) is 0 Å². The van der Waals surface area contributed by atoms with Gasteiger partial charge in [0.2, 0.25) is 5.88 Å². The van der Waals surface area contributed by atoms with E-state index in [0.29, 0.717) is 12.4 Å². The fourth-order valence-corrected chi connectivity index (χ4v) is 2.09. The molecule has 106 valence electrons. The van der Waals surface area contributed by atoms with Crippen molar-refractivity contribution < 1.29 is 4.74 Å². The molecule has 0 aliphatic heterocycles. The summed E-state index contributed by atoms with van der Waals surface area (Å²) >= 11 is 0. The van der Waals surface area contributed by atoms with E-state index < -0.39 is 0 Å². The number of hydrogen-bond acceptors (Lipinski definition) is 4.